The van der Waals surface area contributed by atoms with Crippen molar-refractivity contribution >= 4 is 0 Å². The predicted octanol–water partition coefficient (Wildman–Crippen LogP) is 2.92. The van der Waals surface area contributed by atoms with Gasteiger partial charge in [0.1, 0.15) is 5.76 Å². The summed E-state index contributed by atoms with van der Waals surface area (Å²) in [4.78, 5) is 4.13. The van der Waals surface area contributed by atoms with Crippen LogP contribution in [-0.2, 0) is 6.54 Å². The number of H-pyrrole nitrogens is 1. The van der Waals surface area contributed by atoms with E-state index < -0.39 is 0 Å². The van der Waals surface area contributed by atoms with E-state index in [2.05, 4.69) is 27.4 Å². The second kappa shape index (κ2) is 5.71. The van der Waals surface area contributed by atoms with Gasteiger partial charge in [0.25, 0.3) is 0 Å². The fourth-order valence-electron chi connectivity index (χ4n) is 2.11. The normalized spacial score (nSPS) is 12.4. The van der Waals surface area contributed by atoms with Crippen molar-refractivity contribution < 1.29 is 4.42 Å². The van der Waals surface area contributed by atoms with Gasteiger partial charge in [0.2, 0.25) is 0 Å². The highest BCUT2D eigenvalue weighted by Crippen LogP contribution is 2.21. The number of pyridine rings is 1. The lowest BCUT2D eigenvalue weighted by molar-refractivity contribution is 0.430. The quantitative estimate of drug-likeness (QED) is 0.746. The van der Waals surface area contributed by atoms with Crippen molar-refractivity contribution in [3.05, 3.63) is 60.4 Å². The summed E-state index contributed by atoms with van der Waals surface area (Å²) in [6, 6.07) is 7.95. The van der Waals surface area contributed by atoms with E-state index in [9.17, 15) is 0 Å². The molecule has 5 nitrogen and oxygen atoms in total. The molecule has 3 aromatic rings. The van der Waals surface area contributed by atoms with Crippen LogP contribution in [0.25, 0.3) is 11.3 Å². The Labute approximate surface area is 117 Å². The molecule has 0 unspecified atom stereocenters. The average Bonchev–Trinajstić information content (AvgIpc) is 3.17. The Morgan fingerprint density at radius 3 is 3.00 bits per heavy atom. The van der Waals surface area contributed by atoms with Crippen LogP contribution < -0.4 is 5.32 Å². The van der Waals surface area contributed by atoms with Crippen molar-refractivity contribution in [1.29, 1.82) is 0 Å². The molecule has 0 aliphatic heterocycles. The summed E-state index contributed by atoms with van der Waals surface area (Å²) < 4.78 is 5.38. The monoisotopic (exact) mass is 268 g/mol. The highest BCUT2D eigenvalue weighted by Gasteiger charge is 2.11. The Balaban J connectivity index is 1.72. The van der Waals surface area contributed by atoms with Gasteiger partial charge in [-0.2, -0.15) is 5.10 Å². The second-order valence-corrected chi connectivity index (χ2v) is 4.63. The molecule has 3 aromatic heterocycles. The largest absolute Gasteiger partial charge is 0.468 e. The first kappa shape index (κ1) is 12.6. The van der Waals surface area contributed by atoms with Crippen molar-refractivity contribution in [2.45, 2.75) is 19.5 Å². The Hall–Kier alpha value is -2.40. The lowest BCUT2D eigenvalue weighted by Gasteiger charge is -2.11. The highest BCUT2D eigenvalue weighted by molar-refractivity contribution is 5.61. The third kappa shape index (κ3) is 2.62. The molecule has 0 fully saturated rings. The summed E-state index contributed by atoms with van der Waals surface area (Å²) in [6.45, 7) is 2.78. The van der Waals surface area contributed by atoms with Gasteiger partial charge in [0.15, 0.2) is 0 Å². The second-order valence-electron chi connectivity index (χ2n) is 4.63. The number of nitrogens with zero attached hydrogens (tertiary/aromatic N) is 2. The molecule has 0 spiro atoms. The van der Waals surface area contributed by atoms with E-state index in [0.717, 1.165) is 22.6 Å². The lowest BCUT2D eigenvalue weighted by atomic mass is 10.1. The maximum atomic E-state index is 5.38. The van der Waals surface area contributed by atoms with Gasteiger partial charge in [0.05, 0.1) is 24.2 Å². The van der Waals surface area contributed by atoms with Crippen LogP contribution in [0.3, 0.4) is 0 Å². The molecule has 0 saturated carbocycles. The molecule has 102 valence electrons. The molecule has 20 heavy (non-hydrogen) atoms. The lowest BCUT2D eigenvalue weighted by Crippen LogP contribution is -2.17. The van der Waals surface area contributed by atoms with Gasteiger partial charge in [-0.1, -0.05) is 0 Å². The summed E-state index contributed by atoms with van der Waals surface area (Å²) in [5, 5.41) is 10.6. The summed E-state index contributed by atoms with van der Waals surface area (Å²) in [6.07, 6.45) is 7.11. The van der Waals surface area contributed by atoms with Crippen molar-refractivity contribution in [3.8, 4) is 11.3 Å². The van der Waals surface area contributed by atoms with Crippen LogP contribution in [-0.4, -0.2) is 15.2 Å². The number of nitrogens with one attached hydrogen (secondary N) is 2. The fourth-order valence-corrected chi connectivity index (χ4v) is 2.11. The first-order valence-electron chi connectivity index (χ1n) is 6.54. The molecule has 3 rings (SSSR count). The van der Waals surface area contributed by atoms with Gasteiger partial charge in [-0.3, -0.25) is 10.1 Å². The molecule has 0 aliphatic rings. The minimum absolute atomic E-state index is 0.154. The zero-order valence-corrected chi connectivity index (χ0v) is 11.2. The molecular weight excluding hydrogens is 252 g/mol. The van der Waals surface area contributed by atoms with Crippen LogP contribution in [0.15, 0.2) is 53.5 Å². The van der Waals surface area contributed by atoms with Crippen LogP contribution in [0, 0.1) is 0 Å². The number of hydrogen-bond acceptors (Lipinski definition) is 4. The molecule has 0 radical (unpaired) electrons. The van der Waals surface area contributed by atoms with Crippen molar-refractivity contribution in [2.75, 3.05) is 0 Å². The number of aromatic nitrogens is 3. The molecular formula is C15H16N4O. The summed E-state index contributed by atoms with van der Waals surface area (Å²) in [5.74, 6) is 0.927. The molecule has 1 atom stereocenters. The van der Waals surface area contributed by atoms with E-state index in [4.69, 9.17) is 4.42 Å². The van der Waals surface area contributed by atoms with Crippen molar-refractivity contribution in [2.24, 2.45) is 0 Å². The van der Waals surface area contributed by atoms with E-state index in [0.29, 0.717) is 6.54 Å². The van der Waals surface area contributed by atoms with Gasteiger partial charge in [-0.15, -0.1) is 0 Å². The average molecular weight is 268 g/mol. The Bertz CT molecular complexity index is 646. The van der Waals surface area contributed by atoms with E-state index in [1.165, 1.54) is 0 Å². The van der Waals surface area contributed by atoms with Crippen LogP contribution in [0.5, 0.6) is 0 Å². The SMILES string of the molecule is C[C@H](NCc1cn[nH]c1-c1cccnc1)c1ccco1. The minimum atomic E-state index is 0.154. The van der Waals surface area contributed by atoms with Gasteiger partial charge in [-0.25, -0.2) is 0 Å². The number of aromatic amines is 1. The van der Waals surface area contributed by atoms with Crippen molar-refractivity contribution in [1.82, 2.24) is 20.5 Å². The zero-order chi connectivity index (χ0) is 13.8. The minimum Gasteiger partial charge on any atom is -0.468 e. The van der Waals surface area contributed by atoms with Gasteiger partial charge < -0.3 is 9.73 Å². The van der Waals surface area contributed by atoms with Crippen LogP contribution in [0.1, 0.15) is 24.3 Å². The van der Waals surface area contributed by atoms with Crippen molar-refractivity contribution in [3.63, 3.8) is 0 Å². The molecule has 0 bridgehead atoms. The zero-order valence-electron chi connectivity index (χ0n) is 11.2. The topological polar surface area (TPSA) is 66.7 Å². The number of furan rings is 1. The van der Waals surface area contributed by atoms with E-state index >= 15 is 0 Å². The molecule has 0 aliphatic carbocycles. The standard InChI is InChI=1S/C15H16N4O/c1-11(14-5-3-7-20-14)17-9-13-10-18-19-15(13)12-4-2-6-16-8-12/h2-8,10-11,17H,9H2,1H3,(H,18,19)/t11-/m0/s1. The summed E-state index contributed by atoms with van der Waals surface area (Å²) in [5.41, 5.74) is 3.14. The summed E-state index contributed by atoms with van der Waals surface area (Å²) >= 11 is 0. The van der Waals surface area contributed by atoms with E-state index in [1.807, 2.05) is 36.7 Å². The number of hydrogen-bond donors (Lipinski definition) is 2. The molecule has 5 heteroatoms. The van der Waals surface area contributed by atoms with Crippen LogP contribution in [0.4, 0.5) is 0 Å². The molecule has 3 heterocycles. The Kier molecular flexibility index (Phi) is 3.60. The number of rotatable bonds is 5. The molecule has 0 aromatic carbocycles. The Morgan fingerprint density at radius 2 is 2.25 bits per heavy atom. The fraction of sp³-hybridized carbons (Fsp3) is 0.200. The third-order valence-electron chi connectivity index (χ3n) is 3.24. The molecule has 0 amide bonds. The van der Waals surface area contributed by atoms with E-state index in [1.54, 1.807) is 12.5 Å². The predicted molar refractivity (Wildman–Crippen MR) is 75.8 cm³/mol. The maximum Gasteiger partial charge on any atom is 0.120 e. The van der Waals surface area contributed by atoms with Gasteiger partial charge in [-0.05, 0) is 31.2 Å². The highest BCUT2D eigenvalue weighted by atomic mass is 16.3. The third-order valence-corrected chi connectivity index (χ3v) is 3.24. The van der Waals surface area contributed by atoms with Gasteiger partial charge in [0, 0.05) is 30.1 Å². The molecule has 2 N–H and O–H groups in total. The maximum absolute atomic E-state index is 5.38. The summed E-state index contributed by atoms with van der Waals surface area (Å²) in [7, 11) is 0. The Morgan fingerprint density at radius 1 is 1.30 bits per heavy atom. The van der Waals surface area contributed by atoms with Crippen LogP contribution in [0.2, 0.25) is 0 Å². The van der Waals surface area contributed by atoms with E-state index in [-0.39, 0.29) is 6.04 Å². The first-order valence-corrected chi connectivity index (χ1v) is 6.54. The molecule has 0 saturated heterocycles. The smallest absolute Gasteiger partial charge is 0.120 e. The van der Waals surface area contributed by atoms with Gasteiger partial charge >= 0.3 is 0 Å². The van der Waals surface area contributed by atoms with Crippen LogP contribution >= 0.6 is 0 Å². The first-order chi connectivity index (χ1) is 9.84.